The Balaban J connectivity index is 0.00000684. The van der Waals surface area contributed by atoms with Crippen LogP contribution in [0.3, 0.4) is 0 Å². The van der Waals surface area contributed by atoms with Gasteiger partial charge in [0.2, 0.25) is 0 Å². The number of rotatable bonds is 21. The Hall–Kier alpha value is 0.246. The first-order valence-corrected chi connectivity index (χ1v) is 16.4. The SMILES string of the molecule is CCCCCCCCCCCc1ccc2c(S(=O)(=O)[O-])cccc2c1CCCCCCCCCCC.[K+]. The van der Waals surface area contributed by atoms with Crippen molar-refractivity contribution in [3.63, 3.8) is 0 Å². The Morgan fingerprint density at radius 2 is 1.03 bits per heavy atom. The third-order valence-corrected chi connectivity index (χ3v) is 8.47. The van der Waals surface area contributed by atoms with Crippen LogP contribution in [0.25, 0.3) is 10.8 Å². The molecule has 0 aliphatic heterocycles. The maximum atomic E-state index is 11.9. The van der Waals surface area contributed by atoms with E-state index < -0.39 is 10.1 Å². The second-order valence-corrected chi connectivity index (χ2v) is 12.0. The quantitative estimate of drug-likeness (QED) is 0.0958. The van der Waals surface area contributed by atoms with Crippen LogP contribution in [-0.4, -0.2) is 13.0 Å². The van der Waals surface area contributed by atoms with Crippen LogP contribution < -0.4 is 51.4 Å². The summed E-state index contributed by atoms with van der Waals surface area (Å²) in [5, 5.41) is 1.55. The van der Waals surface area contributed by atoms with E-state index in [1.807, 2.05) is 12.1 Å². The van der Waals surface area contributed by atoms with E-state index in [1.54, 1.807) is 6.07 Å². The van der Waals surface area contributed by atoms with E-state index in [9.17, 15) is 13.0 Å². The number of aryl methyl sites for hydroxylation is 2. The maximum Gasteiger partial charge on any atom is 1.00 e. The van der Waals surface area contributed by atoms with E-state index in [0.717, 1.165) is 24.6 Å². The summed E-state index contributed by atoms with van der Waals surface area (Å²) in [7, 11) is -4.49. The molecule has 0 atom stereocenters. The fourth-order valence-corrected chi connectivity index (χ4v) is 6.12. The van der Waals surface area contributed by atoms with Crippen LogP contribution >= 0.6 is 0 Å². The normalized spacial score (nSPS) is 11.6. The van der Waals surface area contributed by atoms with Crippen LogP contribution in [0.15, 0.2) is 35.2 Å². The van der Waals surface area contributed by atoms with Gasteiger partial charge in [-0.3, -0.25) is 0 Å². The predicted octanol–water partition coefficient (Wildman–Crippen LogP) is 6.89. The Kier molecular flexibility index (Phi) is 20.1. The van der Waals surface area contributed by atoms with Crippen molar-refractivity contribution >= 4 is 20.9 Å². The first-order valence-electron chi connectivity index (χ1n) is 15.0. The smallest absolute Gasteiger partial charge is 0.744 e. The van der Waals surface area contributed by atoms with Gasteiger partial charge in [0.1, 0.15) is 10.1 Å². The van der Waals surface area contributed by atoms with Gasteiger partial charge < -0.3 is 4.55 Å². The standard InChI is InChI=1S/C32H52O3S.K/c1-3-5-7-9-11-13-15-17-19-22-28-26-27-31-30(24-21-25-32(31)36(33,34)35)29(28)23-20-18-16-14-12-10-8-6-4-2;/h21,24-27H,3-20,22-23H2,1-2H3,(H,33,34,35);/q;+1/p-1. The van der Waals surface area contributed by atoms with Crippen LogP contribution in [0.2, 0.25) is 0 Å². The number of hydrogen-bond donors (Lipinski definition) is 0. The Morgan fingerprint density at radius 3 is 1.51 bits per heavy atom. The first kappa shape index (κ1) is 35.3. The minimum atomic E-state index is -4.49. The molecule has 0 aliphatic carbocycles. The van der Waals surface area contributed by atoms with Gasteiger partial charge >= 0.3 is 51.4 Å². The second kappa shape index (κ2) is 21.1. The maximum absolute atomic E-state index is 11.9. The fraction of sp³-hybridized carbons (Fsp3) is 0.688. The molecule has 0 radical (unpaired) electrons. The number of unbranched alkanes of at least 4 members (excludes halogenated alkanes) is 16. The molecular weight excluding hydrogens is 504 g/mol. The summed E-state index contributed by atoms with van der Waals surface area (Å²) in [6.45, 7) is 4.52. The Bertz CT molecular complexity index is 971. The van der Waals surface area contributed by atoms with Crippen molar-refractivity contribution in [1.82, 2.24) is 0 Å². The van der Waals surface area contributed by atoms with E-state index in [4.69, 9.17) is 0 Å². The molecule has 5 heteroatoms. The van der Waals surface area contributed by atoms with Gasteiger partial charge in [-0.15, -0.1) is 0 Å². The molecule has 2 aromatic carbocycles. The van der Waals surface area contributed by atoms with Gasteiger partial charge in [-0.25, -0.2) is 8.42 Å². The molecule has 0 fully saturated rings. The van der Waals surface area contributed by atoms with Crippen LogP contribution in [0.4, 0.5) is 0 Å². The summed E-state index contributed by atoms with van der Waals surface area (Å²) in [6.07, 6.45) is 25.4. The fourth-order valence-electron chi connectivity index (χ4n) is 5.42. The van der Waals surface area contributed by atoms with E-state index >= 15 is 0 Å². The molecule has 2 rings (SSSR count). The van der Waals surface area contributed by atoms with Gasteiger partial charge in [0.05, 0.1) is 4.90 Å². The van der Waals surface area contributed by atoms with Crippen molar-refractivity contribution in [3.05, 3.63) is 41.5 Å². The number of benzene rings is 2. The van der Waals surface area contributed by atoms with Crippen LogP contribution in [-0.2, 0) is 23.0 Å². The van der Waals surface area contributed by atoms with E-state index in [1.165, 1.54) is 126 Å². The van der Waals surface area contributed by atoms with Gasteiger partial charge in [0, 0.05) is 0 Å². The van der Waals surface area contributed by atoms with Crippen molar-refractivity contribution in [3.8, 4) is 0 Å². The predicted molar refractivity (Wildman–Crippen MR) is 154 cm³/mol. The topological polar surface area (TPSA) is 57.2 Å². The number of hydrogen-bond acceptors (Lipinski definition) is 3. The zero-order valence-electron chi connectivity index (χ0n) is 24.2. The summed E-state index contributed by atoms with van der Waals surface area (Å²) in [5.41, 5.74) is 2.60. The molecule has 204 valence electrons. The summed E-state index contributed by atoms with van der Waals surface area (Å²) in [6, 6.07) is 9.14. The second-order valence-electron chi connectivity index (χ2n) is 10.7. The van der Waals surface area contributed by atoms with Crippen molar-refractivity contribution in [2.75, 3.05) is 0 Å². The molecule has 2 aromatic rings. The van der Waals surface area contributed by atoms with Gasteiger partial charge in [0.25, 0.3) is 0 Å². The minimum absolute atomic E-state index is 0. The summed E-state index contributed by atoms with van der Waals surface area (Å²) >= 11 is 0. The summed E-state index contributed by atoms with van der Waals surface area (Å²) in [5.74, 6) is 0. The zero-order chi connectivity index (χ0) is 26.1. The molecule has 0 amide bonds. The van der Waals surface area contributed by atoms with Gasteiger partial charge in [-0.1, -0.05) is 141 Å². The van der Waals surface area contributed by atoms with E-state index in [2.05, 4.69) is 19.9 Å². The molecular formula is C32H51KO3S. The van der Waals surface area contributed by atoms with Crippen molar-refractivity contribution in [1.29, 1.82) is 0 Å². The molecule has 0 bridgehead atoms. The Morgan fingerprint density at radius 1 is 0.568 bits per heavy atom. The summed E-state index contributed by atoms with van der Waals surface area (Å²) in [4.78, 5) is -0.0806. The molecule has 0 spiro atoms. The molecule has 0 saturated heterocycles. The van der Waals surface area contributed by atoms with Gasteiger partial charge in [0.15, 0.2) is 0 Å². The molecule has 0 unspecified atom stereocenters. The molecule has 0 saturated carbocycles. The molecule has 37 heavy (non-hydrogen) atoms. The zero-order valence-corrected chi connectivity index (χ0v) is 28.1. The van der Waals surface area contributed by atoms with Crippen LogP contribution in [0.5, 0.6) is 0 Å². The molecule has 0 heterocycles. The molecule has 0 aromatic heterocycles. The van der Waals surface area contributed by atoms with Crippen molar-refractivity contribution in [2.45, 2.75) is 147 Å². The van der Waals surface area contributed by atoms with Gasteiger partial charge in [-0.05, 0) is 53.6 Å². The summed E-state index contributed by atoms with van der Waals surface area (Å²) < 4.78 is 35.6. The average Bonchev–Trinajstić information content (AvgIpc) is 2.86. The van der Waals surface area contributed by atoms with Crippen molar-refractivity contribution < 1.29 is 64.4 Å². The minimum Gasteiger partial charge on any atom is -0.744 e. The van der Waals surface area contributed by atoms with E-state index in [-0.39, 0.29) is 56.3 Å². The first-order chi connectivity index (χ1) is 17.5. The molecule has 0 aliphatic rings. The Labute approximate surface area is 271 Å². The average molecular weight is 555 g/mol. The largest absolute Gasteiger partial charge is 1.00 e. The van der Waals surface area contributed by atoms with Crippen LogP contribution in [0.1, 0.15) is 141 Å². The number of fused-ring (bicyclic) bond motifs is 1. The van der Waals surface area contributed by atoms with E-state index in [0.29, 0.717) is 5.39 Å². The monoisotopic (exact) mass is 554 g/mol. The third-order valence-electron chi connectivity index (χ3n) is 7.58. The molecule has 3 nitrogen and oxygen atoms in total. The van der Waals surface area contributed by atoms with Crippen molar-refractivity contribution in [2.24, 2.45) is 0 Å². The van der Waals surface area contributed by atoms with Gasteiger partial charge in [-0.2, -0.15) is 0 Å². The third kappa shape index (κ3) is 13.9. The molecule has 0 N–H and O–H groups in total. The van der Waals surface area contributed by atoms with Crippen LogP contribution in [0, 0.1) is 0 Å².